The number of halogens is 2. The van der Waals surface area contributed by atoms with Crippen molar-refractivity contribution in [1.82, 2.24) is 0 Å². The van der Waals surface area contributed by atoms with Gasteiger partial charge in [0.05, 0.1) is 6.61 Å². The fraction of sp³-hybridized carbons (Fsp3) is 0.296. The quantitative estimate of drug-likeness (QED) is 0.387. The van der Waals surface area contributed by atoms with Gasteiger partial charge in [-0.05, 0) is 55.5 Å². The Morgan fingerprint density at radius 2 is 1.79 bits per heavy atom. The SMILES string of the molecule is CCOC(=O)CCc1c(F)cc(OCc2ccc3c(c2)N(c2ccccc2)CCC3)cc1F. The molecule has 3 aromatic carbocycles. The third kappa shape index (κ3) is 5.51. The summed E-state index contributed by atoms with van der Waals surface area (Å²) < 4.78 is 39.4. The second kappa shape index (κ2) is 10.5. The van der Waals surface area contributed by atoms with Crippen molar-refractivity contribution in [2.24, 2.45) is 0 Å². The molecular weight excluding hydrogens is 424 g/mol. The van der Waals surface area contributed by atoms with Crippen molar-refractivity contribution in [3.8, 4) is 5.75 Å². The molecule has 1 aliphatic heterocycles. The van der Waals surface area contributed by atoms with E-state index in [0.29, 0.717) is 0 Å². The summed E-state index contributed by atoms with van der Waals surface area (Å²) >= 11 is 0. The molecule has 0 spiro atoms. The number of carbonyl (C=O) groups excluding carboxylic acids is 1. The largest absolute Gasteiger partial charge is 0.489 e. The summed E-state index contributed by atoms with van der Waals surface area (Å²) in [6.45, 7) is 3.05. The van der Waals surface area contributed by atoms with Gasteiger partial charge in [-0.2, -0.15) is 0 Å². The van der Waals surface area contributed by atoms with Crippen LogP contribution < -0.4 is 9.64 Å². The first kappa shape index (κ1) is 22.8. The van der Waals surface area contributed by atoms with Crippen molar-refractivity contribution in [2.45, 2.75) is 39.2 Å². The van der Waals surface area contributed by atoms with Crippen LogP contribution in [0.4, 0.5) is 20.2 Å². The van der Waals surface area contributed by atoms with Crippen LogP contribution in [0.2, 0.25) is 0 Å². The van der Waals surface area contributed by atoms with E-state index in [-0.39, 0.29) is 37.4 Å². The minimum absolute atomic E-state index is 0.0586. The van der Waals surface area contributed by atoms with E-state index in [1.54, 1.807) is 6.92 Å². The van der Waals surface area contributed by atoms with E-state index >= 15 is 0 Å². The van der Waals surface area contributed by atoms with Crippen molar-refractivity contribution in [2.75, 3.05) is 18.1 Å². The lowest BCUT2D eigenvalue weighted by atomic mass is 9.99. The van der Waals surface area contributed by atoms with Crippen LogP contribution >= 0.6 is 0 Å². The number of hydrogen-bond donors (Lipinski definition) is 0. The molecule has 0 saturated heterocycles. The fourth-order valence-corrected chi connectivity index (χ4v) is 4.11. The average Bonchev–Trinajstić information content (AvgIpc) is 2.82. The predicted octanol–water partition coefficient (Wildman–Crippen LogP) is 6.12. The van der Waals surface area contributed by atoms with Gasteiger partial charge in [0.2, 0.25) is 0 Å². The Balaban J connectivity index is 1.46. The average molecular weight is 452 g/mol. The van der Waals surface area contributed by atoms with Crippen molar-refractivity contribution in [3.05, 3.63) is 89.0 Å². The van der Waals surface area contributed by atoms with Crippen LogP contribution in [-0.2, 0) is 29.0 Å². The summed E-state index contributed by atoms with van der Waals surface area (Å²) in [6, 6.07) is 18.7. The Bertz CT molecular complexity index is 1090. The van der Waals surface area contributed by atoms with Gasteiger partial charge >= 0.3 is 5.97 Å². The molecule has 1 aliphatic rings. The minimum Gasteiger partial charge on any atom is -0.489 e. The maximum absolute atomic E-state index is 14.5. The number of fused-ring (bicyclic) bond motifs is 1. The van der Waals surface area contributed by atoms with Gasteiger partial charge in [0.25, 0.3) is 0 Å². The molecule has 0 radical (unpaired) electrons. The smallest absolute Gasteiger partial charge is 0.306 e. The van der Waals surface area contributed by atoms with Gasteiger partial charge in [-0.15, -0.1) is 0 Å². The second-order valence-electron chi connectivity index (χ2n) is 8.01. The molecular formula is C27H27F2NO3. The van der Waals surface area contributed by atoms with E-state index in [1.807, 2.05) is 24.3 Å². The van der Waals surface area contributed by atoms with Crippen LogP contribution in [0.15, 0.2) is 60.7 Å². The topological polar surface area (TPSA) is 38.8 Å². The van der Waals surface area contributed by atoms with Crippen LogP contribution in [0.25, 0.3) is 0 Å². The molecule has 0 amide bonds. The number of aryl methyl sites for hydroxylation is 1. The summed E-state index contributed by atoms with van der Waals surface area (Å²) in [5.41, 5.74) is 4.34. The third-order valence-electron chi connectivity index (χ3n) is 5.74. The van der Waals surface area contributed by atoms with Gasteiger partial charge in [0.1, 0.15) is 24.0 Å². The molecule has 0 unspecified atom stereocenters. The van der Waals surface area contributed by atoms with Crippen LogP contribution in [0.3, 0.4) is 0 Å². The molecule has 0 aliphatic carbocycles. The van der Waals surface area contributed by atoms with E-state index in [1.165, 1.54) is 5.56 Å². The van der Waals surface area contributed by atoms with Crippen LogP contribution in [-0.4, -0.2) is 19.1 Å². The lowest BCUT2D eigenvalue weighted by Crippen LogP contribution is -2.24. The summed E-state index contributed by atoms with van der Waals surface area (Å²) in [5.74, 6) is -1.82. The Hall–Kier alpha value is -3.41. The monoisotopic (exact) mass is 451 g/mol. The van der Waals surface area contributed by atoms with Crippen molar-refractivity contribution in [1.29, 1.82) is 0 Å². The number of ether oxygens (including phenoxy) is 2. The van der Waals surface area contributed by atoms with Gasteiger partial charge < -0.3 is 14.4 Å². The highest BCUT2D eigenvalue weighted by Crippen LogP contribution is 2.34. The third-order valence-corrected chi connectivity index (χ3v) is 5.74. The number of nitrogens with zero attached hydrogens (tertiary/aromatic N) is 1. The molecule has 4 rings (SSSR count). The number of para-hydroxylation sites is 1. The molecule has 6 heteroatoms. The highest BCUT2D eigenvalue weighted by Gasteiger charge is 2.19. The van der Waals surface area contributed by atoms with E-state index in [4.69, 9.17) is 9.47 Å². The highest BCUT2D eigenvalue weighted by atomic mass is 19.1. The fourth-order valence-electron chi connectivity index (χ4n) is 4.11. The zero-order valence-corrected chi connectivity index (χ0v) is 18.7. The lowest BCUT2D eigenvalue weighted by Gasteiger charge is -2.32. The minimum atomic E-state index is -0.727. The predicted molar refractivity (Wildman–Crippen MR) is 124 cm³/mol. The second-order valence-corrected chi connectivity index (χ2v) is 8.01. The number of benzene rings is 3. The van der Waals surface area contributed by atoms with Gasteiger partial charge in [0.15, 0.2) is 0 Å². The molecule has 33 heavy (non-hydrogen) atoms. The first-order valence-corrected chi connectivity index (χ1v) is 11.3. The van der Waals surface area contributed by atoms with Gasteiger partial charge in [-0.25, -0.2) is 8.78 Å². The first-order valence-electron chi connectivity index (χ1n) is 11.3. The molecule has 1 heterocycles. The molecule has 4 nitrogen and oxygen atoms in total. The van der Waals surface area contributed by atoms with Crippen molar-refractivity contribution < 1.29 is 23.0 Å². The molecule has 0 aromatic heterocycles. The van der Waals surface area contributed by atoms with Crippen LogP contribution in [0.1, 0.15) is 36.5 Å². The Morgan fingerprint density at radius 3 is 2.52 bits per heavy atom. The van der Waals surface area contributed by atoms with E-state index in [9.17, 15) is 13.6 Å². The molecule has 0 N–H and O–H groups in total. The van der Waals surface area contributed by atoms with Crippen molar-refractivity contribution >= 4 is 17.3 Å². The molecule has 0 saturated carbocycles. The number of esters is 1. The maximum Gasteiger partial charge on any atom is 0.306 e. The van der Waals surface area contributed by atoms with E-state index < -0.39 is 17.6 Å². The molecule has 0 bridgehead atoms. The number of rotatable bonds is 8. The summed E-state index contributed by atoms with van der Waals surface area (Å²) in [7, 11) is 0. The van der Waals surface area contributed by atoms with Gasteiger partial charge in [0, 0.05) is 42.0 Å². The van der Waals surface area contributed by atoms with Crippen LogP contribution in [0, 0.1) is 11.6 Å². The van der Waals surface area contributed by atoms with Gasteiger partial charge in [-0.1, -0.05) is 30.3 Å². The standard InChI is InChI=1S/C27H27F2NO3/c1-2-32-27(31)13-12-23-24(28)16-22(17-25(23)29)33-18-19-10-11-20-7-6-14-30(26(20)15-19)21-8-4-3-5-9-21/h3-5,8-11,15-17H,2,6-7,12-14,18H2,1H3. The molecule has 3 aromatic rings. The number of carbonyl (C=O) groups is 1. The maximum atomic E-state index is 14.5. The zero-order valence-electron chi connectivity index (χ0n) is 18.7. The summed E-state index contributed by atoms with van der Waals surface area (Å²) in [4.78, 5) is 13.8. The van der Waals surface area contributed by atoms with E-state index in [0.717, 1.165) is 48.5 Å². The summed E-state index contributed by atoms with van der Waals surface area (Å²) in [5, 5.41) is 0. The summed E-state index contributed by atoms with van der Waals surface area (Å²) in [6.07, 6.45) is 1.97. The number of anilines is 2. The number of hydrogen-bond acceptors (Lipinski definition) is 4. The Morgan fingerprint density at radius 1 is 1.03 bits per heavy atom. The Kier molecular flexibility index (Phi) is 7.23. The van der Waals surface area contributed by atoms with Gasteiger partial charge in [-0.3, -0.25) is 4.79 Å². The first-order chi connectivity index (χ1) is 16.0. The van der Waals surface area contributed by atoms with Crippen molar-refractivity contribution in [3.63, 3.8) is 0 Å². The zero-order chi connectivity index (χ0) is 23.2. The molecule has 0 atom stereocenters. The molecule has 0 fully saturated rings. The van der Waals surface area contributed by atoms with E-state index in [2.05, 4.69) is 29.2 Å². The van der Waals surface area contributed by atoms with Crippen LogP contribution in [0.5, 0.6) is 5.75 Å². The normalized spacial score (nSPS) is 12.9. The molecule has 172 valence electrons. The highest BCUT2D eigenvalue weighted by molar-refractivity contribution is 5.70. The lowest BCUT2D eigenvalue weighted by molar-refractivity contribution is -0.143. The Labute approximate surface area is 192 Å².